The van der Waals surface area contributed by atoms with Crippen molar-refractivity contribution in [2.45, 2.75) is 12.5 Å². The zero-order valence-electron chi connectivity index (χ0n) is 19.1. The van der Waals surface area contributed by atoms with E-state index >= 15 is 0 Å². The van der Waals surface area contributed by atoms with Gasteiger partial charge in [-0.05, 0) is 49.4 Å². The molecule has 2 fully saturated rings. The highest BCUT2D eigenvalue weighted by molar-refractivity contribution is 6.30. The molecule has 1 spiro atoms. The van der Waals surface area contributed by atoms with Crippen molar-refractivity contribution in [2.24, 2.45) is 7.05 Å². The van der Waals surface area contributed by atoms with E-state index in [1.54, 1.807) is 29.2 Å². The second kappa shape index (κ2) is 8.90. The summed E-state index contributed by atoms with van der Waals surface area (Å²) in [4.78, 5) is 33.6. The molecule has 34 heavy (non-hydrogen) atoms. The minimum absolute atomic E-state index is 0.150. The zero-order chi connectivity index (χ0) is 23.9. The number of halogens is 1. The number of hydrogen-bond donors (Lipinski definition) is 1. The molecule has 178 valence electrons. The number of nitrogens with one attached hydrogen (secondary N) is 1. The maximum Gasteiger partial charge on any atom is 0.415 e. The van der Waals surface area contributed by atoms with Crippen LogP contribution in [0, 0.1) is 6.92 Å². The Labute approximate surface area is 202 Å². The van der Waals surface area contributed by atoms with E-state index in [1.807, 2.05) is 41.6 Å². The van der Waals surface area contributed by atoms with Gasteiger partial charge in [0.1, 0.15) is 5.82 Å². The summed E-state index contributed by atoms with van der Waals surface area (Å²) in [5, 5.41) is 3.55. The van der Waals surface area contributed by atoms with Crippen molar-refractivity contribution in [1.29, 1.82) is 0 Å². The summed E-state index contributed by atoms with van der Waals surface area (Å²) in [7, 11) is 1.96. The van der Waals surface area contributed by atoms with E-state index in [0.29, 0.717) is 42.6 Å². The van der Waals surface area contributed by atoms with E-state index in [-0.39, 0.29) is 19.1 Å². The first-order valence-corrected chi connectivity index (χ1v) is 11.5. The molecule has 2 aliphatic rings. The summed E-state index contributed by atoms with van der Waals surface area (Å²) in [5.41, 5.74) is 2.39. The molecule has 0 unspecified atom stereocenters. The molecular formula is C24H26ClN5O4. The Balaban J connectivity index is 1.26. The minimum Gasteiger partial charge on any atom is -0.437 e. The number of ether oxygens (including phenoxy) is 2. The number of carbonyl (C=O) groups is 2. The van der Waals surface area contributed by atoms with E-state index in [4.69, 9.17) is 21.1 Å². The van der Waals surface area contributed by atoms with Gasteiger partial charge in [0.15, 0.2) is 5.60 Å². The van der Waals surface area contributed by atoms with Crippen LogP contribution >= 0.6 is 11.6 Å². The van der Waals surface area contributed by atoms with Crippen LogP contribution in [0.3, 0.4) is 0 Å². The van der Waals surface area contributed by atoms with Gasteiger partial charge >= 0.3 is 6.09 Å². The molecule has 2 saturated heterocycles. The number of aromatic nitrogens is 2. The fraction of sp³-hybridized carbons (Fsp3) is 0.375. The largest absolute Gasteiger partial charge is 0.437 e. The smallest absolute Gasteiger partial charge is 0.415 e. The fourth-order valence-corrected chi connectivity index (χ4v) is 4.65. The number of anilines is 2. The van der Waals surface area contributed by atoms with Gasteiger partial charge in [0.05, 0.1) is 37.3 Å². The minimum atomic E-state index is -0.849. The van der Waals surface area contributed by atoms with Gasteiger partial charge in [-0.2, -0.15) is 0 Å². The van der Waals surface area contributed by atoms with Crippen LogP contribution in [0.2, 0.25) is 5.02 Å². The number of nitrogens with zero attached hydrogens (tertiary/aromatic N) is 4. The summed E-state index contributed by atoms with van der Waals surface area (Å²) < 4.78 is 13.6. The molecule has 2 amide bonds. The van der Waals surface area contributed by atoms with Gasteiger partial charge in [0, 0.05) is 36.5 Å². The van der Waals surface area contributed by atoms with Gasteiger partial charge in [-0.15, -0.1) is 0 Å². The maximum atomic E-state index is 12.8. The molecule has 3 heterocycles. The van der Waals surface area contributed by atoms with E-state index in [1.165, 1.54) is 0 Å². The highest BCUT2D eigenvalue weighted by Gasteiger charge is 2.48. The van der Waals surface area contributed by atoms with Crippen molar-refractivity contribution >= 4 is 46.0 Å². The number of fused-ring (bicyclic) bond motifs is 1. The van der Waals surface area contributed by atoms with E-state index in [9.17, 15) is 9.59 Å². The Morgan fingerprint density at radius 2 is 2.00 bits per heavy atom. The maximum absolute atomic E-state index is 12.8. The van der Waals surface area contributed by atoms with Crippen LogP contribution in [0.5, 0.6) is 0 Å². The first-order valence-electron chi connectivity index (χ1n) is 11.1. The Morgan fingerprint density at radius 3 is 2.79 bits per heavy atom. The predicted octanol–water partition coefficient (Wildman–Crippen LogP) is 3.20. The van der Waals surface area contributed by atoms with Crippen molar-refractivity contribution in [3.8, 4) is 0 Å². The second-order valence-corrected chi connectivity index (χ2v) is 9.28. The summed E-state index contributed by atoms with van der Waals surface area (Å²) in [6.45, 7) is 4.12. The predicted molar refractivity (Wildman–Crippen MR) is 129 cm³/mol. The normalized spacial score (nSPS) is 21.1. The van der Waals surface area contributed by atoms with Gasteiger partial charge < -0.3 is 19.4 Å². The topological polar surface area (TPSA) is 88.9 Å². The second-order valence-electron chi connectivity index (χ2n) is 8.85. The van der Waals surface area contributed by atoms with Crippen molar-refractivity contribution in [3.63, 3.8) is 0 Å². The third kappa shape index (κ3) is 4.46. The molecule has 10 heteroatoms. The molecule has 1 aromatic heterocycles. The molecule has 1 N–H and O–H groups in total. The van der Waals surface area contributed by atoms with Crippen molar-refractivity contribution in [2.75, 3.05) is 49.6 Å². The lowest BCUT2D eigenvalue weighted by molar-refractivity contribution is -0.117. The number of aryl methyl sites for hydroxylation is 2. The zero-order valence-corrected chi connectivity index (χ0v) is 19.8. The SMILES string of the molecule is Cc1nc2cc(NC(=O)CN3CCOC[C@@]4(C3)CN(c3ccc(Cl)cc3)C(=O)O4)ccc2n1C. The first-order chi connectivity index (χ1) is 16.3. The molecule has 3 aromatic rings. The van der Waals surface area contributed by atoms with Crippen molar-refractivity contribution in [3.05, 3.63) is 53.3 Å². The average Bonchev–Trinajstić information content (AvgIpc) is 3.17. The van der Waals surface area contributed by atoms with Crippen LogP contribution in [0.1, 0.15) is 5.82 Å². The molecule has 0 bridgehead atoms. The number of imidazole rings is 1. The standard InChI is InChI=1S/C24H26ClN5O4/c1-16-26-20-11-18(5-8-21(20)28(16)2)27-22(31)12-29-9-10-33-15-24(13-29)14-30(23(32)34-24)19-6-3-17(25)4-7-19/h3-8,11H,9-10,12-15H2,1-2H3,(H,27,31)/t24-/m1/s1. The highest BCUT2D eigenvalue weighted by Crippen LogP contribution is 2.31. The molecule has 0 saturated carbocycles. The highest BCUT2D eigenvalue weighted by atomic mass is 35.5. The third-order valence-electron chi connectivity index (χ3n) is 6.29. The summed E-state index contributed by atoms with van der Waals surface area (Å²) >= 11 is 5.98. The first kappa shape index (κ1) is 22.6. The van der Waals surface area contributed by atoms with Gasteiger partial charge in [0.2, 0.25) is 5.91 Å². The number of amides is 2. The molecule has 0 aliphatic carbocycles. The average molecular weight is 484 g/mol. The van der Waals surface area contributed by atoms with Crippen LogP contribution in [-0.2, 0) is 21.3 Å². The summed E-state index contributed by atoms with van der Waals surface area (Å²) in [6, 6.07) is 12.7. The van der Waals surface area contributed by atoms with Crippen molar-refractivity contribution < 1.29 is 19.1 Å². The lowest BCUT2D eigenvalue weighted by Gasteiger charge is -2.29. The Hall–Kier alpha value is -3.14. The Morgan fingerprint density at radius 1 is 1.21 bits per heavy atom. The lowest BCUT2D eigenvalue weighted by Crippen LogP contribution is -2.49. The molecule has 2 aliphatic heterocycles. The Bertz CT molecular complexity index is 1240. The molecule has 9 nitrogen and oxygen atoms in total. The molecule has 2 aromatic carbocycles. The number of hydrogen-bond acceptors (Lipinski definition) is 6. The number of rotatable bonds is 4. The van der Waals surface area contributed by atoms with Crippen LogP contribution in [0.15, 0.2) is 42.5 Å². The van der Waals surface area contributed by atoms with Crippen LogP contribution in [0.4, 0.5) is 16.2 Å². The summed E-state index contributed by atoms with van der Waals surface area (Å²) in [6.07, 6.45) is -0.434. The van der Waals surface area contributed by atoms with Crippen LogP contribution in [-0.4, -0.2) is 71.4 Å². The van der Waals surface area contributed by atoms with E-state index in [2.05, 4.69) is 10.3 Å². The van der Waals surface area contributed by atoms with E-state index in [0.717, 1.165) is 16.9 Å². The van der Waals surface area contributed by atoms with E-state index < -0.39 is 11.7 Å². The van der Waals surface area contributed by atoms with Crippen LogP contribution in [0.25, 0.3) is 11.0 Å². The van der Waals surface area contributed by atoms with Gasteiger partial charge in [0.25, 0.3) is 0 Å². The molecule has 1 atom stereocenters. The van der Waals surface area contributed by atoms with Gasteiger partial charge in [-0.25, -0.2) is 9.78 Å². The van der Waals surface area contributed by atoms with Gasteiger partial charge in [-0.1, -0.05) is 11.6 Å². The summed E-state index contributed by atoms with van der Waals surface area (Å²) in [5.74, 6) is 0.759. The number of carbonyl (C=O) groups excluding carboxylic acids is 2. The van der Waals surface area contributed by atoms with Gasteiger partial charge in [-0.3, -0.25) is 14.6 Å². The quantitative estimate of drug-likeness (QED) is 0.613. The Kier molecular flexibility index (Phi) is 5.93. The monoisotopic (exact) mass is 483 g/mol. The molecule has 0 radical (unpaired) electrons. The van der Waals surface area contributed by atoms with Crippen molar-refractivity contribution in [1.82, 2.24) is 14.5 Å². The molecular weight excluding hydrogens is 458 g/mol. The third-order valence-corrected chi connectivity index (χ3v) is 6.54. The number of benzene rings is 2. The molecule has 5 rings (SSSR count). The fourth-order valence-electron chi connectivity index (χ4n) is 4.52. The van der Waals surface area contributed by atoms with Crippen LogP contribution < -0.4 is 10.2 Å². The lowest BCUT2D eigenvalue weighted by atomic mass is 10.0.